The number of benzene rings is 2. The highest BCUT2D eigenvalue weighted by Crippen LogP contribution is 2.20. The van der Waals surface area contributed by atoms with Gasteiger partial charge in [-0.25, -0.2) is 4.79 Å². The van der Waals surface area contributed by atoms with E-state index in [4.69, 9.17) is 9.47 Å². The van der Waals surface area contributed by atoms with E-state index in [-0.39, 0.29) is 5.97 Å². The van der Waals surface area contributed by atoms with Crippen LogP contribution in [0, 0.1) is 0 Å². The Kier molecular flexibility index (Phi) is 4.18. The van der Waals surface area contributed by atoms with Gasteiger partial charge in [0.05, 0.1) is 12.2 Å². The summed E-state index contributed by atoms with van der Waals surface area (Å²) in [5, 5.41) is 2.25. The van der Waals surface area contributed by atoms with Crippen molar-refractivity contribution >= 4 is 16.7 Å². The maximum absolute atomic E-state index is 11.4. The molecule has 3 heteroatoms. The SMILES string of the molecule is CCOC(=O)/C(C)=C\Oc1ccc2ccccc2c1. The van der Waals surface area contributed by atoms with Crippen molar-refractivity contribution < 1.29 is 14.3 Å². The van der Waals surface area contributed by atoms with E-state index in [9.17, 15) is 4.79 Å². The number of hydrogen-bond acceptors (Lipinski definition) is 3. The van der Waals surface area contributed by atoms with Crippen LogP contribution in [-0.4, -0.2) is 12.6 Å². The Labute approximate surface area is 112 Å². The van der Waals surface area contributed by atoms with Crippen LogP contribution in [0.25, 0.3) is 10.8 Å². The van der Waals surface area contributed by atoms with Crippen molar-refractivity contribution in [3.63, 3.8) is 0 Å². The van der Waals surface area contributed by atoms with E-state index >= 15 is 0 Å². The average molecular weight is 256 g/mol. The summed E-state index contributed by atoms with van der Waals surface area (Å²) in [6.07, 6.45) is 1.42. The standard InChI is InChI=1S/C16H16O3/c1-3-18-16(17)12(2)11-19-15-9-8-13-6-4-5-7-14(13)10-15/h4-11H,3H2,1-2H3/b12-11-. The molecule has 0 saturated heterocycles. The second-order valence-electron chi connectivity index (χ2n) is 4.15. The zero-order valence-electron chi connectivity index (χ0n) is 11.1. The lowest BCUT2D eigenvalue weighted by Gasteiger charge is -2.05. The molecule has 0 N–H and O–H groups in total. The van der Waals surface area contributed by atoms with Crippen LogP contribution >= 0.6 is 0 Å². The zero-order chi connectivity index (χ0) is 13.7. The van der Waals surface area contributed by atoms with Gasteiger partial charge < -0.3 is 9.47 Å². The van der Waals surface area contributed by atoms with Gasteiger partial charge >= 0.3 is 5.97 Å². The first-order chi connectivity index (χ1) is 9.20. The Morgan fingerprint density at radius 3 is 2.63 bits per heavy atom. The van der Waals surface area contributed by atoms with Gasteiger partial charge in [0.25, 0.3) is 0 Å². The van der Waals surface area contributed by atoms with Crippen molar-refractivity contribution in [3.05, 3.63) is 54.3 Å². The predicted molar refractivity (Wildman–Crippen MR) is 75.0 cm³/mol. The summed E-state index contributed by atoms with van der Waals surface area (Å²) in [5.41, 5.74) is 0.440. The highest BCUT2D eigenvalue weighted by Gasteiger charge is 2.04. The quantitative estimate of drug-likeness (QED) is 0.475. The van der Waals surface area contributed by atoms with Gasteiger partial charge in [-0.1, -0.05) is 30.3 Å². The predicted octanol–water partition coefficient (Wildman–Crippen LogP) is 3.69. The lowest BCUT2D eigenvalue weighted by atomic mass is 10.1. The Balaban J connectivity index is 2.13. The minimum Gasteiger partial charge on any atom is -0.464 e. The van der Waals surface area contributed by atoms with Gasteiger partial charge in [0.1, 0.15) is 12.0 Å². The van der Waals surface area contributed by atoms with Crippen LogP contribution in [0.4, 0.5) is 0 Å². The minimum atomic E-state index is -0.358. The molecule has 0 spiro atoms. The minimum absolute atomic E-state index is 0.358. The number of rotatable bonds is 4. The lowest BCUT2D eigenvalue weighted by molar-refractivity contribution is -0.138. The van der Waals surface area contributed by atoms with E-state index in [1.807, 2.05) is 42.5 Å². The fourth-order valence-corrected chi connectivity index (χ4v) is 1.69. The monoisotopic (exact) mass is 256 g/mol. The van der Waals surface area contributed by atoms with Crippen molar-refractivity contribution in [3.8, 4) is 5.75 Å². The van der Waals surface area contributed by atoms with Crippen LogP contribution in [0.3, 0.4) is 0 Å². The van der Waals surface area contributed by atoms with E-state index in [1.165, 1.54) is 6.26 Å². The molecule has 2 rings (SSSR count). The number of ether oxygens (including phenoxy) is 2. The largest absolute Gasteiger partial charge is 0.464 e. The maximum Gasteiger partial charge on any atom is 0.336 e. The molecule has 0 aromatic heterocycles. The Bertz CT molecular complexity index is 614. The smallest absolute Gasteiger partial charge is 0.336 e. The molecule has 2 aromatic carbocycles. The summed E-state index contributed by atoms with van der Waals surface area (Å²) < 4.78 is 10.4. The molecule has 0 amide bonds. The molecule has 0 aliphatic heterocycles. The summed E-state index contributed by atoms with van der Waals surface area (Å²) in [7, 11) is 0. The van der Waals surface area contributed by atoms with E-state index in [0.29, 0.717) is 17.9 Å². The summed E-state index contributed by atoms with van der Waals surface area (Å²) in [5.74, 6) is 0.339. The molecule has 0 aliphatic carbocycles. The number of esters is 1. The molecule has 0 heterocycles. The van der Waals surface area contributed by atoms with Gasteiger partial charge in [0, 0.05) is 0 Å². The van der Waals surface area contributed by atoms with E-state index in [1.54, 1.807) is 13.8 Å². The normalized spacial score (nSPS) is 11.4. The summed E-state index contributed by atoms with van der Waals surface area (Å²) >= 11 is 0. The maximum atomic E-state index is 11.4. The molecule has 2 aromatic rings. The summed E-state index contributed by atoms with van der Waals surface area (Å²) in [6.45, 7) is 3.80. The van der Waals surface area contributed by atoms with Gasteiger partial charge in [0.15, 0.2) is 0 Å². The molecular weight excluding hydrogens is 240 g/mol. The van der Waals surface area contributed by atoms with Crippen LogP contribution in [0.5, 0.6) is 5.75 Å². The molecule has 0 aliphatic rings. The van der Waals surface area contributed by atoms with Crippen molar-refractivity contribution in [2.24, 2.45) is 0 Å². The van der Waals surface area contributed by atoms with Gasteiger partial charge in [-0.2, -0.15) is 0 Å². The molecule has 0 bridgehead atoms. The molecule has 0 radical (unpaired) electrons. The molecule has 19 heavy (non-hydrogen) atoms. The van der Waals surface area contributed by atoms with E-state index < -0.39 is 0 Å². The van der Waals surface area contributed by atoms with Crippen molar-refractivity contribution in [1.82, 2.24) is 0 Å². The lowest BCUT2D eigenvalue weighted by Crippen LogP contribution is -2.06. The molecule has 0 atom stereocenters. The molecule has 0 fully saturated rings. The first-order valence-corrected chi connectivity index (χ1v) is 6.20. The second kappa shape index (κ2) is 6.05. The number of carbonyl (C=O) groups is 1. The first-order valence-electron chi connectivity index (χ1n) is 6.20. The van der Waals surface area contributed by atoms with Gasteiger partial charge in [-0.15, -0.1) is 0 Å². The second-order valence-corrected chi connectivity index (χ2v) is 4.15. The summed E-state index contributed by atoms with van der Waals surface area (Å²) in [4.78, 5) is 11.4. The van der Waals surface area contributed by atoms with E-state index in [2.05, 4.69) is 0 Å². The van der Waals surface area contributed by atoms with E-state index in [0.717, 1.165) is 10.8 Å². The Hall–Kier alpha value is -2.29. The number of carbonyl (C=O) groups excluding carboxylic acids is 1. The van der Waals surface area contributed by atoms with Crippen LogP contribution in [-0.2, 0) is 9.53 Å². The fourth-order valence-electron chi connectivity index (χ4n) is 1.69. The van der Waals surface area contributed by atoms with Gasteiger partial charge in [-0.05, 0) is 36.8 Å². The van der Waals surface area contributed by atoms with Crippen molar-refractivity contribution in [2.45, 2.75) is 13.8 Å². The number of fused-ring (bicyclic) bond motifs is 1. The third-order valence-corrected chi connectivity index (χ3v) is 2.69. The molecular formula is C16H16O3. The van der Waals surface area contributed by atoms with Gasteiger partial charge in [-0.3, -0.25) is 0 Å². The third-order valence-electron chi connectivity index (χ3n) is 2.69. The molecule has 98 valence electrons. The fraction of sp³-hybridized carbons (Fsp3) is 0.188. The Morgan fingerprint density at radius 2 is 1.89 bits per heavy atom. The first kappa shape index (κ1) is 13.1. The van der Waals surface area contributed by atoms with Crippen molar-refractivity contribution in [2.75, 3.05) is 6.61 Å². The molecule has 3 nitrogen and oxygen atoms in total. The van der Waals surface area contributed by atoms with Crippen LogP contribution in [0.1, 0.15) is 13.8 Å². The topological polar surface area (TPSA) is 35.5 Å². The average Bonchev–Trinajstić information content (AvgIpc) is 2.44. The molecule has 0 unspecified atom stereocenters. The third kappa shape index (κ3) is 3.35. The van der Waals surface area contributed by atoms with Crippen LogP contribution < -0.4 is 4.74 Å². The zero-order valence-corrected chi connectivity index (χ0v) is 11.1. The number of hydrogen-bond donors (Lipinski definition) is 0. The molecule has 0 saturated carbocycles. The highest BCUT2D eigenvalue weighted by atomic mass is 16.5. The van der Waals surface area contributed by atoms with Crippen LogP contribution in [0.15, 0.2) is 54.3 Å². The van der Waals surface area contributed by atoms with Gasteiger partial charge in [0.2, 0.25) is 0 Å². The summed E-state index contributed by atoms with van der Waals surface area (Å²) in [6, 6.07) is 13.8. The highest BCUT2D eigenvalue weighted by molar-refractivity contribution is 5.87. The Morgan fingerprint density at radius 1 is 1.16 bits per heavy atom. The van der Waals surface area contributed by atoms with Crippen LogP contribution in [0.2, 0.25) is 0 Å². The van der Waals surface area contributed by atoms with Crippen molar-refractivity contribution in [1.29, 1.82) is 0 Å².